The normalized spacial score (nSPS) is 25.8. The van der Waals surface area contributed by atoms with Crippen LogP contribution in [0, 0.1) is 5.92 Å². The molecule has 0 saturated carbocycles. The molecule has 8 heteroatoms. The molecule has 116 valence electrons. The first-order valence-corrected chi connectivity index (χ1v) is 8.22. The van der Waals surface area contributed by atoms with Crippen LogP contribution in [-0.2, 0) is 19.4 Å². The van der Waals surface area contributed by atoms with Crippen LogP contribution in [0.1, 0.15) is 33.6 Å². The van der Waals surface area contributed by atoms with E-state index in [9.17, 15) is 18.0 Å². The molecule has 1 heterocycles. The van der Waals surface area contributed by atoms with E-state index in [1.807, 2.05) is 0 Å². The number of carbonyl (C=O) groups excluding carboxylic acids is 1. The van der Waals surface area contributed by atoms with E-state index in [0.29, 0.717) is 0 Å². The quantitative estimate of drug-likeness (QED) is 0.797. The van der Waals surface area contributed by atoms with E-state index in [-0.39, 0.29) is 24.3 Å². The molecule has 1 saturated heterocycles. The van der Waals surface area contributed by atoms with E-state index < -0.39 is 39.5 Å². The summed E-state index contributed by atoms with van der Waals surface area (Å²) in [6.45, 7) is 5.08. The Labute approximate surface area is 118 Å². The smallest absolute Gasteiger partial charge is 0.407 e. The zero-order valence-corrected chi connectivity index (χ0v) is 12.7. The Balaban J connectivity index is 2.74. The molecule has 0 aromatic heterocycles. The fourth-order valence-electron chi connectivity index (χ4n) is 2.11. The van der Waals surface area contributed by atoms with Crippen molar-refractivity contribution in [1.82, 2.24) is 5.32 Å². The summed E-state index contributed by atoms with van der Waals surface area (Å²) >= 11 is 0. The van der Waals surface area contributed by atoms with E-state index >= 15 is 0 Å². The second-order valence-electron chi connectivity index (χ2n) is 6.01. The molecule has 0 unspecified atom stereocenters. The average molecular weight is 307 g/mol. The van der Waals surface area contributed by atoms with Crippen LogP contribution in [0.4, 0.5) is 4.79 Å². The van der Waals surface area contributed by atoms with E-state index in [1.54, 1.807) is 20.8 Å². The Hall–Kier alpha value is -1.31. The van der Waals surface area contributed by atoms with Gasteiger partial charge in [-0.1, -0.05) is 0 Å². The van der Waals surface area contributed by atoms with Gasteiger partial charge in [0.25, 0.3) is 0 Å². The van der Waals surface area contributed by atoms with Gasteiger partial charge in [-0.25, -0.2) is 13.2 Å². The molecule has 1 aliphatic rings. The van der Waals surface area contributed by atoms with Gasteiger partial charge in [-0.05, 0) is 33.1 Å². The number of carboxylic acids is 1. The number of aliphatic carboxylic acids is 1. The van der Waals surface area contributed by atoms with Crippen molar-refractivity contribution >= 4 is 21.9 Å². The molecular weight excluding hydrogens is 286 g/mol. The Morgan fingerprint density at radius 2 is 1.95 bits per heavy atom. The number of carbonyl (C=O) groups is 2. The van der Waals surface area contributed by atoms with Crippen LogP contribution in [0.15, 0.2) is 0 Å². The van der Waals surface area contributed by atoms with Crippen LogP contribution < -0.4 is 5.32 Å². The monoisotopic (exact) mass is 307 g/mol. The van der Waals surface area contributed by atoms with Gasteiger partial charge in [0.15, 0.2) is 9.84 Å². The maximum atomic E-state index is 11.7. The largest absolute Gasteiger partial charge is 0.481 e. The zero-order valence-electron chi connectivity index (χ0n) is 11.9. The third-order valence-corrected chi connectivity index (χ3v) is 4.67. The van der Waals surface area contributed by atoms with Crippen molar-refractivity contribution in [3.05, 3.63) is 0 Å². The third-order valence-electron chi connectivity index (χ3n) is 2.94. The molecule has 7 nitrogen and oxygen atoms in total. The second-order valence-corrected chi connectivity index (χ2v) is 8.24. The summed E-state index contributed by atoms with van der Waals surface area (Å²) < 4.78 is 28.3. The van der Waals surface area contributed by atoms with Gasteiger partial charge in [0.05, 0.1) is 17.9 Å². The first kappa shape index (κ1) is 16.7. The molecule has 0 aromatic rings. The second kappa shape index (κ2) is 5.99. The van der Waals surface area contributed by atoms with E-state index in [1.165, 1.54) is 0 Å². The van der Waals surface area contributed by atoms with Crippen LogP contribution in [0.25, 0.3) is 0 Å². The third kappa shape index (κ3) is 5.77. The van der Waals surface area contributed by atoms with Crippen molar-refractivity contribution in [2.45, 2.75) is 45.3 Å². The molecule has 0 aromatic carbocycles. The molecule has 1 aliphatic heterocycles. The molecule has 1 amide bonds. The maximum absolute atomic E-state index is 11.7. The lowest BCUT2D eigenvalue weighted by Gasteiger charge is -2.31. The molecule has 2 atom stereocenters. The zero-order chi connectivity index (χ0) is 15.6. The molecule has 0 radical (unpaired) electrons. The van der Waals surface area contributed by atoms with Gasteiger partial charge in [0, 0.05) is 6.04 Å². The van der Waals surface area contributed by atoms with Crippen molar-refractivity contribution in [2.75, 3.05) is 11.5 Å². The molecule has 0 bridgehead atoms. The molecule has 0 aliphatic carbocycles. The number of hydrogen-bond acceptors (Lipinski definition) is 5. The SMILES string of the molecule is CC(C)(C)OC(=O)N[C@@H]1CS(=O)(=O)CC[C@H]1CC(=O)O. The van der Waals surface area contributed by atoms with Gasteiger partial charge >= 0.3 is 12.1 Å². The summed E-state index contributed by atoms with van der Waals surface area (Å²) in [6.07, 6.45) is -0.666. The number of hydrogen-bond donors (Lipinski definition) is 2. The van der Waals surface area contributed by atoms with Crippen molar-refractivity contribution in [1.29, 1.82) is 0 Å². The standard InChI is InChI=1S/C12H21NO6S/c1-12(2,3)19-11(16)13-9-7-20(17,18)5-4-8(9)6-10(14)15/h8-9H,4-7H2,1-3H3,(H,13,16)(H,14,15)/t8-,9+/m0/s1. The summed E-state index contributed by atoms with van der Waals surface area (Å²) in [5, 5.41) is 11.3. The summed E-state index contributed by atoms with van der Waals surface area (Å²) in [5.41, 5.74) is -0.695. The number of alkyl carbamates (subject to hydrolysis) is 1. The molecule has 1 rings (SSSR count). The Morgan fingerprint density at radius 1 is 1.35 bits per heavy atom. The van der Waals surface area contributed by atoms with E-state index in [0.717, 1.165) is 0 Å². The lowest BCUT2D eigenvalue weighted by Crippen LogP contribution is -2.50. The Kier molecular flexibility index (Phi) is 5.01. The van der Waals surface area contributed by atoms with E-state index in [2.05, 4.69) is 5.32 Å². The average Bonchev–Trinajstić information content (AvgIpc) is 2.18. The number of rotatable bonds is 3. The lowest BCUT2D eigenvalue weighted by atomic mass is 9.94. The summed E-state index contributed by atoms with van der Waals surface area (Å²) in [4.78, 5) is 22.5. The molecule has 20 heavy (non-hydrogen) atoms. The van der Waals surface area contributed by atoms with Crippen LogP contribution >= 0.6 is 0 Å². The first-order valence-electron chi connectivity index (χ1n) is 6.40. The highest BCUT2D eigenvalue weighted by molar-refractivity contribution is 7.91. The van der Waals surface area contributed by atoms with Crippen LogP contribution in [-0.4, -0.2) is 48.7 Å². The van der Waals surface area contributed by atoms with Crippen LogP contribution in [0.3, 0.4) is 0 Å². The van der Waals surface area contributed by atoms with Crippen molar-refractivity contribution in [3.8, 4) is 0 Å². The van der Waals surface area contributed by atoms with Gasteiger partial charge in [0.1, 0.15) is 5.60 Å². The van der Waals surface area contributed by atoms with Gasteiger partial charge in [-0.3, -0.25) is 4.79 Å². The number of carboxylic acid groups (broad SMARTS) is 1. The lowest BCUT2D eigenvalue weighted by molar-refractivity contribution is -0.138. The topological polar surface area (TPSA) is 110 Å². The molecule has 1 fully saturated rings. The van der Waals surface area contributed by atoms with Gasteiger partial charge in [-0.15, -0.1) is 0 Å². The summed E-state index contributed by atoms with van der Waals surface area (Å²) in [7, 11) is -3.25. The first-order chi connectivity index (χ1) is 8.98. The van der Waals surface area contributed by atoms with E-state index in [4.69, 9.17) is 9.84 Å². The fourth-order valence-corrected chi connectivity index (χ4v) is 3.84. The maximum Gasteiger partial charge on any atom is 0.407 e. The minimum absolute atomic E-state index is 0.0442. The number of nitrogens with one attached hydrogen (secondary N) is 1. The predicted octanol–water partition coefficient (Wildman–Crippen LogP) is 0.789. The van der Waals surface area contributed by atoms with Gasteiger partial charge < -0.3 is 15.2 Å². The highest BCUT2D eigenvalue weighted by atomic mass is 32.2. The Morgan fingerprint density at radius 3 is 2.45 bits per heavy atom. The molecule has 0 spiro atoms. The summed E-state index contributed by atoms with van der Waals surface area (Å²) in [5.74, 6) is -1.70. The number of sulfone groups is 1. The summed E-state index contributed by atoms with van der Waals surface area (Å²) in [6, 6.07) is -0.723. The van der Waals surface area contributed by atoms with Crippen molar-refractivity contribution in [3.63, 3.8) is 0 Å². The van der Waals surface area contributed by atoms with Crippen molar-refractivity contribution < 1.29 is 27.9 Å². The highest BCUT2D eigenvalue weighted by Gasteiger charge is 2.36. The Bertz CT molecular complexity index is 479. The number of amides is 1. The predicted molar refractivity (Wildman–Crippen MR) is 72.2 cm³/mol. The highest BCUT2D eigenvalue weighted by Crippen LogP contribution is 2.23. The molecule has 2 N–H and O–H groups in total. The van der Waals surface area contributed by atoms with Crippen LogP contribution in [0.5, 0.6) is 0 Å². The minimum atomic E-state index is -3.25. The van der Waals surface area contributed by atoms with Crippen LogP contribution in [0.2, 0.25) is 0 Å². The number of ether oxygens (including phenoxy) is 1. The van der Waals surface area contributed by atoms with Crippen molar-refractivity contribution in [2.24, 2.45) is 5.92 Å². The van der Waals surface area contributed by atoms with Gasteiger partial charge in [-0.2, -0.15) is 0 Å². The molecular formula is C12H21NO6S. The fraction of sp³-hybridized carbons (Fsp3) is 0.833. The van der Waals surface area contributed by atoms with Gasteiger partial charge in [0.2, 0.25) is 0 Å². The minimum Gasteiger partial charge on any atom is -0.481 e.